The van der Waals surface area contributed by atoms with E-state index in [0.29, 0.717) is 12.2 Å². The molecule has 0 aliphatic carbocycles. The van der Waals surface area contributed by atoms with Crippen molar-refractivity contribution in [1.29, 1.82) is 0 Å². The van der Waals surface area contributed by atoms with Crippen molar-refractivity contribution in [3.63, 3.8) is 0 Å². The molecule has 134 valence electrons. The van der Waals surface area contributed by atoms with Gasteiger partial charge in [0, 0.05) is 6.42 Å². The fourth-order valence-corrected chi connectivity index (χ4v) is 1.67. The van der Waals surface area contributed by atoms with Gasteiger partial charge in [0.1, 0.15) is 17.2 Å². The number of nitrogens with one attached hydrogen (secondary N) is 1. The first-order chi connectivity index (χ1) is 11.0. The van der Waals surface area contributed by atoms with E-state index in [9.17, 15) is 9.59 Å². The molecule has 1 atom stereocenters. The second-order valence-electron chi connectivity index (χ2n) is 7.23. The molecular formula is C15H25N5O4. The SMILES string of the molecule is CC(C)(C)OC(=O)NC(CCc1nncnn1)C(=O)OC(C)(C)C. The lowest BCUT2D eigenvalue weighted by Gasteiger charge is -2.26. The molecule has 0 fully saturated rings. The van der Waals surface area contributed by atoms with Crippen LogP contribution in [0.5, 0.6) is 0 Å². The van der Waals surface area contributed by atoms with Gasteiger partial charge in [-0.3, -0.25) is 0 Å². The summed E-state index contributed by atoms with van der Waals surface area (Å²) in [5, 5.41) is 17.4. The lowest BCUT2D eigenvalue weighted by Crippen LogP contribution is -2.46. The summed E-state index contributed by atoms with van der Waals surface area (Å²) in [7, 11) is 0. The Bertz CT molecular complexity index is 551. The molecule has 0 aromatic carbocycles. The summed E-state index contributed by atoms with van der Waals surface area (Å²) in [5.74, 6) is -0.178. The van der Waals surface area contributed by atoms with Gasteiger partial charge in [-0.25, -0.2) is 9.59 Å². The van der Waals surface area contributed by atoms with Gasteiger partial charge in [-0.1, -0.05) is 0 Å². The molecule has 0 saturated carbocycles. The van der Waals surface area contributed by atoms with Crippen LogP contribution in [0.2, 0.25) is 0 Å². The number of aryl methyl sites for hydroxylation is 1. The van der Waals surface area contributed by atoms with Crippen LogP contribution in [-0.2, 0) is 20.7 Å². The number of rotatable bonds is 5. The van der Waals surface area contributed by atoms with E-state index in [4.69, 9.17) is 9.47 Å². The molecule has 0 bridgehead atoms. The monoisotopic (exact) mass is 339 g/mol. The molecule has 0 spiro atoms. The molecule has 1 aromatic heterocycles. The number of hydrogen-bond acceptors (Lipinski definition) is 8. The van der Waals surface area contributed by atoms with E-state index < -0.39 is 29.3 Å². The van der Waals surface area contributed by atoms with Crippen molar-refractivity contribution in [3.05, 3.63) is 12.2 Å². The molecule has 9 nitrogen and oxygen atoms in total. The predicted molar refractivity (Wildman–Crippen MR) is 84.9 cm³/mol. The van der Waals surface area contributed by atoms with E-state index in [2.05, 4.69) is 25.7 Å². The summed E-state index contributed by atoms with van der Waals surface area (Å²) < 4.78 is 10.5. The summed E-state index contributed by atoms with van der Waals surface area (Å²) in [5.41, 5.74) is -1.34. The highest BCUT2D eigenvalue weighted by atomic mass is 16.6. The Hall–Kier alpha value is -2.32. The molecule has 0 saturated heterocycles. The molecule has 9 heteroatoms. The zero-order chi connectivity index (χ0) is 18.4. The van der Waals surface area contributed by atoms with E-state index in [1.807, 2.05) is 0 Å². The highest BCUT2D eigenvalue weighted by molar-refractivity contribution is 5.81. The minimum absolute atomic E-state index is 0.238. The third-order valence-electron chi connectivity index (χ3n) is 2.49. The van der Waals surface area contributed by atoms with Crippen LogP contribution in [0.25, 0.3) is 0 Å². The number of aromatic nitrogens is 4. The Morgan fingerprint density at radius 3 is 2.08 bits per heavy atom. The fourth-order valence-electron chi connectivity index (χ4n) is 1.67. The summed E-state index contributed by atoms with van der Waals surface area (Å²) in [4.78, 5) is 24.3. The van der Waals surface area contributed by atoms with Crippen LogP contribution in [0.4, 0.5) is 4.79 Å². The van der Waals surface area contributed by atoms with E-state index in [0.717, 1.165) is 0 Å². The van der Waals surface area contributed by atoms with Gasteiger partial charge >= 0.3 is 12.1 Å². The van der Waals surface area contributed by atoms with Crippen LogP contribution in [0, 0.1) is 0 Å². The summed E-state index contributed by atoms with van der Waals surface area (Å²) in [6.45, 7) is 10.5. The van der Waals surface area contributed by atoms with Crippen LogP contribution in [0.1, 0.15) is 53.8 Å². The smallest absolute Gasteiger partial charge is 0.408 e. The summed E-state index contributed by atoms with van der Waals surface area (Å²) in [6.07, 6.45) is 1.07. The first kappa shape index (κ1) is 19.7. The molecule has 1 aromatic rings. The van der Waals surface area contributed by atoms with Gasteiger partial charge in [0.15, 0.2) is 12.2 Å². The molecule has 0 aliphatic rings. The van der Waals surface area contributed by atoms with Crippen molar-refractivity contribution in [3.8, 4) is 0 Å². The molecular weight excluding hydrogens is 314 g/mol. The molecule has 1 heterocycles. The first-order valence-electron chi connectivity index (χ1n) is 7.68. The van der Waals surface area contributed by atoms with Gasteiger partial charge < -0.3 is 14.8 Å². The number of amides is 1. The van der Waals surface area contributed by atoms with Gasteiger partial charge in [0.25, 0.3) is 0 Å². The van der Waals surface area contributed by atoms with E-state index >= 15 is 0 Å². The van der Waals surface area contributed by atoms with Gasteiger partial charge in [0.2, 0.25) is 0 Å². The topological polar surface area (TPSA) is 116 Å². The highest BCUT2D eigenvalue weighted by Gasteiger charge is 2.28. The van der Waals surface area contributed by atoms with Crippen LogP contribution >= 0.6 is 0 Å². The predicted octanol–water partition coefficient (Wildman–Crippen LogP) is 1.43. The molecule has 1 amide bonds. The Morgan fingerprint density at radius 1 is 1.04 bits per heavy atom. The standard InChI is InChI=1S/C15H25N5O4/c1-14(2,3)23-12(21)10(18-13(22)24-15(4,5)6)7-8-11-19-16-9-17-20-11/h9-10H,7-8H2,1-6H3,(H,18,22). The zero-order valence-corrected chi connectivity index (χ0v) is 15.0. The van der Waals surface area contributed by atoms with Gasteiger partial charge in [-0.05, 0) is 48.0 Å². The van der Waals surface area contributed by atoms with Gasteiger partial charge in [-0.15, -0.1) is 20.4 Å². The minimum atomic E-state index is -0.886. The van der Waals surface area contributed by atoms with Crippen LogP contribution in [0.15, 0.2) is 6.33 Å². The lowest BCUT2D eigenvalue weighted by molar-refractivity contribution is -0.157. The number of nitrogens with zero attached hydrogens (tertiary/aromatic N) is 4. The maximum atomic E-state index is 12.3. The molecule has 0 aliphatic heterocycles. The fraction of sp³-hybridized carbons (Fsp3) is 0.733. The second-order valence-corrected chi connectivity index (χ2v) is 7.23. The largest absolute Gasteiger partial charge is 0.458 e. The van der Waals surface area contributed by atoms with Gasteiger partial charge in [-0.2, -0.15) is 0 Å². The quantitative estimate of drug-likeness (QED) is 0.801. The molecule has 1 unspecified atom stereocenters. The third-order valence-corrected chi connectivity index (χ3v) is 2.49. The highest BCUT2D eigenvalue weighted by Crippen LogP contribution is 2.12. The number of hydrogen-bond donors (Lipinski definition) is 1. The maximum Gasteiger partial charge on any atom is 0.408 e. The number of ether oxygens (including phenoxy) is 2. The van der Waals surface area contributed by atoms with Crippen molar-refractivity contribution < 1.29 is 19.1 Å². The number of carbonyl (C=O) groups excluding carboxylic acids is 2. The first-order valence-corrected chi connectivity index (χ1v) is 7.68. The average molecular weight is 339 g/mol. The van der Waals surface area contributed by atoms with Crippen LogP contribution < -0.4 is 5.32 Å². The van der Waals surface area contributed by atoms with Crippen molar-refractivity contribution in [2.75, 3.05) is 0 Å². The van der Waals surface area contributed by atoms with E-state index in [-0.39, 0.29) is 6.42 Å². The van der Waals surface area contributed by atoms with Crippen molar-refractivity contribution in [2.45, 2.75) is 71.6 Å². The number of esters is 1. The average Bonchev–Trinajstić information content (AvgIpc) is 2.40. The normalized spacial score (nSPS) is 13.1. The van der Waals surface area contributed by atoms with E-state index in [1.165, 1.54) is 6.33 Å². The van der Waals surface area contributed by atoms with Crippen molar-refractivity contribution in [2.24, 2.45) is 0 Å². The van der Waals surface area contributed by atoms with Crippen molar-refractivity contribution >= 4 is 12.1 Å². The second kappa shape index (κ2) is 7.98. The minimum Gasteiger partial charge on any atom is -0.458 e. The molecule has 1 rings (SSSR count). The molecule has 0 radical (unpaired) electrons. The third kappa shape index (κ3) is 8.35. The Kier molecular flexibility index (Phi) is 6.56. The van der Waals surface area contributed by atoms with Crippen molar-refractivity contribution in [1.82, 2.24) is 25.7 Å². The molecule has 1 N–H and O–H groups in total. The van der Waals surface area contributed by atoms with E-state index in [1.54, 1.807) is 41.5 Å². The van der Waals surface area contributed by atoms with Crippen LogP contribution in [0.3, 0.4) is 0 Å². The number of carbonyl (C=O) groups is 2. The Labute approximate surface area is 141 Å². The zero-order valence-electron chi connectivity index (χ0n) is 15.0. The van der Waals surface area contributed by atoms with Gasteiger partial charge in [0.05, 0.1) is 0 Å². The Balaban J connectivity index is 2.75. The summed E-state index contributed by atoms with van der Waals surface area (Å²) >= 11 is 0. The maximum absolute atomic E-state index is 12.3. The lowest BCUT2D eigenvalue weighted by atomic mass is 10.1. The van der Waals surface area contributed by atoms with Crippen LogP contribution in [-0.4, -0.2) is 49.7 Å². The number of alkyl carbamates (subject to hydrolysis) is 1. The summed E-state index contributed by atoms with van der Waals surface area (Å²) in [6, 6.07) is -0.886. The Morgan fingerprint density at radius 2 is 1.58 bits per heavy atom. The molecule has 24 heavy (non-hydrogen) atoms.